The first kappa shape index (κ1) is 6.84. The number of carbonyl (C=O) groups excluding carboxylic acids is 1. The minimum absolute atomic E-state index is 0.208. The van der Waals surface area contributed by atoms with Crippen molar-refractivity contribution in [1.29, 1.82) is 0 Å². The third-order valence-corrected chi connectivity index (χ3v) is 3.49. The van der Waals surface area contributed by atoms with E-state index in [0.29, 0.717) is 17.6 Å². The van der Waals surface area contributed by atoms with Crippen LogP contribution in [0.25, 0.3) is 0 Å². The highest BCUT2D eigenvalue weighted by atomic mass is 79.9. The highest BCUT2D eigenvalue weighted by Crippen LogP contribution is 2.42. The molecule has 0 saturated heterocycles. The molecule has 0 aromatic carbocycles. The maximum atomic E-state index is 11.3. The molecule has 2 fully saturated rings. The number of alkyl halides is 1. The Morgan fingerprint density at radius 2 is 1.90 bits per heavy atom. The van der Waals surface area contributed by atoms with Crippen molar-refractivity contribution in [2.24, 2.45) is 11.8 Å². The minimum Gasteiger partial charge on any atom is -0.298 e. The highest BCUT2D eigenvalue weighted by Gasteiger charge is 2.40. The van der Waals surface area contributed by atoms with Crippen molar-refractivity contribution < 1.29 is 4.79 Å². The summed E-state index contributed by atoms with van der Waals surface area (Å²) in [6.45, 7) is 0. The van der Waals surface area contributed by atoms with E-state index in [1.165, 1.54) is 12.8 Å². The fourth-order valence-corrected chi connectivity index (χ4v) is 2.12. The van der Waals surface area contributed by atoms with Crippen molar-refractivity contribution in [2.45, 2.75) is 30.5 Å². The van der Waals surface area contributed by atoms with E-state index >= 15 is 0 Å². The standard InChI is InChI=1S/C8H11BrO/c9-7(5-1-2-5)8(10)6-3-4-6/h5-7H,1-4H2. The predicted octanol–water partition coefficient (Wildman–Crippen LogP) is 2.14. The van der Waals surface area contributed by atoms with Crippen LogP contribution in [-0.2, 0) is 4.79 Å². The Labute approximate surface area is 69.3 Å². The van der Waals surface area contributed by atoms with Crippen molar-refractivity contribution in [3.8, 4) is 0 Å². The van der Waals surface area contributed by atoms with Gasteiger partial charge in [-0.1, -0.05) is 15.9 Å². The molecule has 0 N–H and O–H groups in total. The molecule has 56 valence electrons. The number of carbonyl (C=O) groups is 1. The molecule has 10 heavy (non-hydrogen) atoms. The van der Waals surface area contributed by atoms with Crippen LogP contribution < -0.4 is 0 Å². The van der Waals surface area contributed by atoms with Crippen LogP contribution in [0.3, 0.4) is 0 Å². The molecule has 2 heteroatoms. The van der Waals surface area contributed by atoms with Crippen molar-refractivity contribution in [3.05, 3.63) is 0 Å². The fourth-order valence-electron chi connectivity index (χ4n) is 1.21. The van der Waals surface area contributed by atoms with E-state index in [4.69, 9.17) is 0 Å². The molecule has 1 unspecified atom stereocenters. The van der Waals surface area contributed by atoms with Crippen LogP contribution >= 0.6 is 15.9 Å². The van der Waals surface area contributed by atoms with Crippen LogP contribution in [0, 0.1) is 11.8 Å². The van der Waals surface area contributed by atoms with Crippen LogP contribution in [-0.4, -0.2) is 10.6 Å². The second kappa shape index (κ2) is 2.33. The molecule has 0 heterocycles. The topological polar surface area (TPSA) is 17.1 Å². The molecule has 0 aromatic rings. The molecule has 0 aliphatic heterocycles. The summed E-state index contributed by atoms with van der Waals surface area (Å²) in [4.78, 5) is 11.5. The predicted molar refractivity (Wildman–Crippen MR) is 43.2 cm³/mol. The lowest BCUT2D eigenvalue weighted by Gasteiger charge is -2.03. The summed E-state index contributed by atoms with van der Waals surface area (Å²) < 4.78 is 0. The largest absolute Gasteiger partial charge is 0.298 e. The number of halogens is 1. The second-order valence-electron chi connectivity index (χ2n) is 3.42. The number of rotatable bonds is 3. The zero-order chi connectivity index (χ0) is 7.14. The van der Waals surface area contributed by atoms with Gasteiger partial charge in [0.15, 0.2) is 0 Å². The van der Waals surface area contributed by atoms with Gasteiger partial charge in [-0.15, -0.1) is 0 Å². The molecule has 2 aliphatic rings. The third-order valence-electron chi connectivity index (χ3n) is 2.29. The fraction of sp³-hybridized carbons (Fsp3) is 0.875. The Hall–Kier alpha value is 0.150. The third kappa shape index (κ3) is 1.26. The van der Waals surface area contributed by atoms with E-state index < -0.39 is 0 Å². The molecule has 2 aliphatic carbocycles. The smallest absolute Gasteiger partial charge is 0.149 e. The molecular formula is C8H11BrO. The summed E-state index contributed by atoms with van der Waals surface area (Å²) in [5, 5.41) is 0. The van der Waals surface area contributed by atoms with Crippen molar-refractivity contribution in [3.63, 3.8) is 0 Å². The van der Waals surface area contributed by atoms with Gasteiger partial charge in [0.25, 0.3) is 0 Å². The van der Waals surface area contributed by atoms with E-state index in [1.807, 2.05) is 0 Å². The van der Waals surface area contributed by atoms with Gasteiger partial charge < -0.3 is 0 Å². The second-order valence-corrected chi connectivity index (χ2v) is 4.40. The SMILES string of the molecule is O=C(C1CC1)C(Br)C1CC1. The number of hydrogen-bond donors (Lipinski definition) is 0. The summed E-state index contributed by atoms with van der Waals surface area (Å²) in [5.41, 5.74) is 0. The van der Waals surface area contributed by atoms with Gasteiger partial charge in [0, 0.05) is 5.92 Å². The van der Waals surface area contributed by atoms with Crippen LogP contribution in [0.4, 0.5) is 0 Å². The van der Waals surface area contributed by atoms with Gasteiger partial charge in [-0.25, -0.2) is 0 Å². The van der Waals surface area contributed by atoms with Gasteiger partial charge >= 0.3 is 0 Å². The Balaban J connectivity index is 1.89. The molecule has 2 saturated carbocycles. The van der Waals surface area contributed by atoms with Gasteiger partial charge in [0.1, 0.15) is 5.78 Å². The first-order chi connectivity index (χ1) is 4.79. The summed E-state index contributed by atoms with van der Waals surface area (Å²) >= 11 is 3.46. The molecular weight excluding hydrogens is 192 g/mol. The van der Waals surface area contributed by atoms with Crippen molar-refractivity contribution in [2.75, 3.05) is 0 Å². The van der Waals surface area contributed by atoms with E-state index in [0.717, 1.165) is 12.8 Å². The zero-order valence-electron chi connectivity index (χ0n) is 5.85. The molecule has 0 bridgehead atoms. The Morgan fingerprint density at radius 1 is 1.30 bits per heavy atom. The van der Waals surface area contributed by atoms with Crippen LogP contribution in [0.15, 0.2) is 0 Å². The van der Waals surface area contributed by atoms with E-state index in [1.54, 1.807) is 0 Å². The van der Waals surface area contributed by atoms with Crippen LogP contribution in [0.1, 0.15) is 25.7 Å². The number of ketones is 1. The van der Waals surface area contributed by atoms with Gasteiger partial charge in [-0.3, -0.25) is 4.79 Å². The maximum absolute atomic E-state index is 11.3. The quantitative estimate of drug-likeness (QED) is 0.642. The van der Waals surface area contributed by atoms with E-state index in [9.17, 15) is 4.79 Å². The summed E-state index contributed by atoms with van der Waals surface area (Å²) in [7, 11) is 0. The Bertz CT molecular complexity index is 159. The minimum atomic E-state index is 0.208. The Kier molecular flexibility index (Phi) is 1.59. The molecule has 0 aromatic heterocycles. The summed E-state index contributed by atoms with van der Waals surface area (Å²) in [6.07, 6.45) is 4.81. The Morgan fingerprint density at radius 3 is 2.30 bits per heavy atom. The molecule has 1 atom stereocenters. The maximum Gasteiger partial charge on any atom is 0.149 e. The van der Waals surface area contributed by atoms with E-state index in [2.05, 4.69) is 15.9 Å². The van der Waals surface area contributed by atoms with Gasteiger partial charge in [-0.2, -0.15) is 0 Å². The lowest BCUT2D eigenvalue weighted by molar-refractivity contribution is -0.119. The lowest BCUT2D eigenvalue weighted by atomic mass is 10.1. The van der Waals surface area contributed by atoms with E-state index in [-0.39, 0.29) is 4.83 Å². The highest BCUT2D eigenvalue weighted by molar-refractivity contribution is 9.10. The van der Waals surface area contributed by atoms with Gasteiger partial charge in [0.05, 0.1) is 4.83 Å². The van der Waals surface area contributed by atoms with Crippen molar-refractivity contribution >= 4 is 21.7 Å². The number of Topliss-reactive ketones (excluding diaryl/α,β-unsaturated/α-hetero) is 1. The zero-order valence-corrected chi connectivity index (χ0v) is 7.43. The molecule has 1 nitrogen and oxygen atoms in total. The van der Waals surface area contributed by atoms with Crippen LogP contribution in [0.5, 0.6) is 0 Å². The molecule has 0 spiro atoms. The monoisotopic (exact) mass is 202 g/mol. The van der Waals surface area contributed by atoms with Gasteiger partial charge in [-0.05, 0) is 31.6 Å². The summed E-state index contributed by atoms with van der Waals surface area (Å²) in [5.74, 6) is 1.60. The molecule has 2 rings (SSSR count). The lowest BCUT2D eigenvalue weighted by Crippen LogP contribution is -2.17. The van der Waals surface area contributed by atoms with Crippen molar-refractivity contribution in [1.82, 2.24) is 0 Å². The van der Waals surface area contributed by atoms with Crippen LogP contribution in [0.2, 0.25) is 0 Å². The van der Waals surface area contributed by atoms with Gasteiger partial charge in [0.2, 0.25) is 0 Å². The first-order valence-electron chi connectivity index (χ1n) is 3.97. The normalized spacial score (nSPS) is 28.1. The molecule has 0 radical (unpaired) electrons. The average molecular weight is 203 g/mol. The average Bonchev–Trinajstić information content (AvgIpc) is 2.73. The first-order valence-corrected chi connectivity index (χ1v) is 4.88. The molecule has 0 amide bonds. The number of hydrogen-bond acceptors (Lipinski definition) is 1. The summed E-state index contributed by atoms with van der Waals surface area (Å²) in [6, 6.07) is 0.